The smallest absolute Gasteiger partial charge is 0.00578 e. The van der Waals surface area contributed by atoms with Gasteiger partial charge in [-0.1, -0.05) is 19.9 Å². The van der Waals surface area contributed by atoms with Gasteiger partial charge < -0.3 is 5.32 Å². The highest BCUT2D eigenvalue weighted by Gasteiger charge is 2.03. The molecule has 0 unspecified atom stereocenters. The van der Waals surface area contributed by atoms with Crippen LogP contribution in [-0.4, -0.2) is 12.6 Å². The van der Waals surface area contributed by atoms with Crippen LogP contribution in [0.15, 0.2) is 17.5 Å². The van der Waals surface area contributed by atoms with E-state index < -0.39 is 0 Å². The van der Waals surface area contributed by atoms with Crippen LogP contribution >= 0.6 is 11.3 Å². The van der Waals surface area contributed by atoms with Gasteiger partial charge in [0.25, 0.3) is 0 Å². The van der Waals surface area contributed by atoms with E-state index in [0.29, 0.717) is 6.04 Å². The van der Waals surface area contributed by atoms with Crippen molar-refractivity contribution in [1.29, 1.82) is 0 Å². The second kappa shape index (κ2) is 6.20. The summed E-state index contributed by atoms with van der Waals surface area (Å²) in [6.07, 6.45) is 2.44. The topological polar surface area (TPSA) is 12.0 Å². The SMILES string of the molecule is CC(C)C[C@H](C)NCCc1cccs1. The van der Waals surface area contributed by atoms with Crippen molar-refractivity contribution in [3.05, 3.63) is 22.4 Å². The molecule has 1 heterocycles. The van der Waals surface area contributed by atoms with Crippen LogP contribution in [0.25, 0.3) is 0 Å². The zero-order chi connectivity index (χ0) is 10.4. The molecule has 0 saturated carbocycles. The van der Waals surface area contributed by atoms with Crippen LogP contribution in [0.3, 0.4) is 0 Å². The fourth-order valence-electron chi connectivity index (χ4n) is 1.69. The molecule has 1 aromatic rings. The molecule has 1 nitrogen and oxygen atoms in total. The van der Waals surface area contributed by atoms with Gasteiger partial charge in [-0.3, -0.25) is 0 Å². The fourth-order valence-corrected chi connectivity index (χ4v) is 2.40. The summed E-state index contributed by atoms with van der Waals surface area (Å²) in [5.74, 6) is 0.791. The van der Waals surface area contributed by atoms with Gasteiger partial charge in [0, 0.05) is 17.5 Å². The highest BCUT2D eigenvalue weighted by Crippen LogP contribution is 2.09. The molecule has 0 saturated heterocycles. The largest absolute Gasteiger partial charge is 0.314 e. The van der Waals surface area contributed by atoms with E-state index in [1.165, 1.54) is 17.7 Å². The standard InChI is InChI=1S/C12H21NS/c1-10(2)9-11(3)13-7-6-12-5-4-8-14-12/h4-5,8,10-11,13H,6-7,9H2,1-3H3/t11-/m0/s1. The van der Waals surface area contributed by atoms with Crippen molar-refractivity contribution in [3.63, 3.8) is 0 Å². The molecule has 0 aromatic carbocycles. The summed E-state index contributed by atoms with van der Waals surface area (Å²) in [7, 11) is 0. The second-order valence-electron chi connectivity index (χ2n) is 4.31. The molecule has 1 atom stereocenters. The van der Waals surface area contributed by atoms with E-state index in [4.69, 9.17) is 0 Å². The van der Waals surface area contributed by atoms with Gasteiger partial charge in [0.05, 0.1) is 0 Å². The van der Waals surface area contributed by atoms with Gasteiger partial charge >= 0.3 is 0 Å². The Morgan fingerprint density at radius 3 is 2.71 bits per heavy atom. The fraction of sp³-hybridized carbons (Fsp3) is 0.667. The van der Waals surface area contributed by atoms with E-state index in [9.17, 15) is 0 Å². The summed E-state index contributed by atoms with van der Waals surface area (Å²) >= 11 is 1.85. The Morgan fingerprint density at radius 1 is 1.36 bits per heavy atom. The Kier molecular flexibility index (Phi) is 5.20. The summed E-state index contributed by atoms with van der Waals surface area (Å²) in [6, 6.07) is 4.98. The average molecular weight is 211 g/mol. The molecule has 0 aliphatic rings. The molecule has 2 heteroatoms. The van der Waals surface area contributed by atoms with Gasteiger partial charge in [0.1, 0.15) is 0 Å². The molecule has 1 aromatic heterocycles. The number of hydrogen-bond acceptors (Lipinski definition) is 2. The van der Waals surface area contributed by atoms with Crippen molar-refractivity contribution in [2.75, 3.05) is 6.54 Å². The monoisotopic (exact) mass is 211 g/mol. The van der Waals surface area contributed by atoms with Crippen LogP contribution in [0.4, 0.5) is 0 Å². The van der Waals surface area contributed by atoms with Crippen LogP contribution in [0.1, 0.15) is 32.1 Å². The number of hydrogen-bond donors (Lipinski definition) is 1. The van der Waals surface area contributed by atoms with Gasteiger partial charge in [0.2, 0.25) is 0 Å². The van der Waals surface area contributed by atoms with Crippen LogP contribution in [0, 0.1) is 5.92 Å². The maximum Gasteiger partial charge on any atom is 0.00578 e. The molecule has 0 radical (unpaired) electrons. The van der Waals surface area contributed by atoms with Gasteiger partial charge in [-0.2, -0.15) is 0 Å². The normalized spacial score (nSPS) is 13.4. The Bertz CT molecular complexity index is 228. The summed E-state index contributed by atoms with van der Waals surface area (Å²) in [4.78, 5) is 1.48. The van der Waals surface area contributed by atoms with Crippen molar-refractivity contribution in [3.8, 4) is 0 Å². The van der Waals surface area contributed by atoms with Gasteiger partial charge in [-0.05, 0) is 37.1 Å². The van der Waals surface area contributed by atoms with E-state index in [0.717, 1.165) is 12.5 Å². The molecule has 14 heavy (non-hydrogen) atoms. The Morgan fingerprint density at radius 2 is 2.14 bits per heavy atom. The first-order valence-electron chi connectivity index (χ1n) is 5.44. The quantitative estimate of drug-likeness (QED) is 0.761. The number of nitrogens with one attached hydrogen (secondary N) is 1. The maximum atomic E-state index is 3.56. The third-order valence-corrected chi connectivity index (χ3v) is 3.21. The molecule has 0 bridgehead atoms. The maximum absolute atomic E-state index is 3.56. The summed E-state index contributed by atoms with van der Waals surface area (Å²) < 4.78 is 0. The molecule has 1 N–H and O–H groups in total. The lowest BCUT2D eigenvalue weighted by Crippen LogP contribution is -2.29. The van der Waals surface area contributed by atoms with Crippen molar-refractivity contribution < 1.29 is 0 Å². The third kappa shape index (κ3) is 4.77. The highest BCUT2D eigenvalue weighted by molar-refractivity contribution is 7.09. The van der Waals surface area contributed by atoms with E-state index in [1.807, 2.05) is 11.3 Å². The lowest BCUT2D eigenvalue weighted by atomic mass is 10.1. The van der Waals surface area contributed by atoms with E-state index >= 15 is 0 Å². The molecular formula is C12H21NS. The first-order valence-corrected chi connectivity index (χ1v) is 6.32. The van der Waals surface area contributed by atoms with Crippen LogP contribution in [-0.2, 0) is 6.42 Å². The molecule has 0 fully saturated rings. The lowest BCUT2D eigenvalue weighted by molar-refractivity contribution is 0.445. The minimum absolute atomic E-state index is 0.648. The third-order valence-electron chi connectivity index (χ3n) is 2.27. The van der Waals surface area contributed by atoms with Gasteiger partial charge in [0.15, 0.2) is 0 Å². The molecule has 1 rings (SSSR count). The Hall–Kier alpha value is -0.340. The van der Waals surface area contributed by atoms with Gasteiger partial charge in [-0.25, -0.2) is 0 Å². The number of thiophene rings is 1. The van der Waals surface area contributed by atoms with Crippen molar-refractivity contribution in [1.82, 2.24) is 5.32 Å². The van der Waals surface area contributed by atoms with Crippen LogP contribution < -0.4 is 5.32 Å². The van der Waals surface area contributed by atoms with E-state index in [1.54, 1.807) is 0 Å². The Balaban J connectivity index is 2.09. The van der Waals surface area contributed by atoms with Crippen molar-refractivity contribution in [2.24, 2.45) is 5.92 Å². The highest BCUT2D eigenvalue weighted by atomic mass is 32.1. The molecule has 0 spiro atoms. The van der Waals surface area contributed by atoms with Crippen molar-refractivity contribution in [2.45, 2.75) is 39.7 Å². The molecule has 0 amide bonds. The predicted molar refractivity (Wildman–Crippen MR) is 64.9 cm³/mol. The molecular weight excluding hydrogens is 190 g/mol. The van der Waals surface area contributed by atoms with E-state index in [2.05, 4.69) is 43.6 Å². The van der Waals surface area contributed by atoms with Crippen molar-refractivity contribution >= 4 is 11.3 Å². The lowest BCUT2D eigenvalue weighted by Gasteiger charge is -2.15. The summed E-state index contributed by atoms with van der Waals surface area (Å²) in [5.41, 5.74) is 0. The van der Waals surface area contributed by atoms with Crippen LogP contribution in [0.2, 0.25) is 0 Å². The molecule has 0 aliphatic heterocycles. The zero-order valence-electron chi connectivity index (χ0n) is 9.42. The summed E-state index contributed by atoms with van der Waals surface area (Å²) in [5, 5.41) is 5.70. The zero-order valence-corrected chi connectivity index (χ0v) is 10.2. The summed E-state index contributed by atoms with van der Waals surface area (Å²) in [6.45, 7) is 7.93. The molecule has 0 aliphatic carbocycles. The number of rotatable bonds is 6. The molecule has 80 valence electrons. The van der Waals surface area contributed by atoms with E-state index in [-0.39, 0.29) is 0 Å². The Labute approximate surface area is 91.5 Å². The van der Waals surface area contributed by atoms with Gasteiger partial charge in [-0.15, -0.1) is 11.3 Å². The first kappa shape index (κ1) is 11.7. The minimum atomic E-state index is 0.648. The average Bonchev–Trinajstić information content (AvgIpc) is 2.55. The van der Waals surface area contributed by atoms with Crippen LogP contribution in [0.5, 0.6) is 0 Å². The second-order valence-corrected chi connectivity index (χ2v) is 5.35. The first-order chi connectivity index (χ1) is 6.68. The predicted octanol–water partition coefficient (Wildman–Crippen LogP) is 3.31. The minimum Gasteiger partial charge on any atom is -0.314 e.